The van der Waals surface area contributed by atoms with Gasteiger partial charge in [-0.1, -0.05) is 11.6 Å². The Labute approximate surface area is 167 Å². The summed E-state index contributed by atoms with van der Waals surface area (Å²) in [6, 6.07) is 3.05. The maximum Gasteiger partial charge on any atom is 0.252 e. The fourth-order valence-corrected chi connectivity index (χ4v) is 5.90. The van der Waals surface area contributed by atoms with Crippen LogP contribution in [0.4, 0.5) is 11.9 Å². The van der Waals surface area contributed by atoms with Gasteiger partial charge in [-0.2, -0.15) is 19.3 Å². The molecular formula is C15H22ClN7O2S2. The summed E-state index contributed by atoms with van der Waals surface area (Å²) in [5.41, 5.74) is 5.81. The molecule has 0 amide bonds. The number of nitrogens with zero attached hydrogens (tertiary/aromatic N) is 6. The van der Waals surface area contributed by atoms with E-state index in [4.69, 9.17) is 17.3 Å². The number of rotatable bonds is 5. The standard InChI is InChI=1S/C15H22ClN7O2S2/c1-10(13-18-14(17)20-15(19-13)21(2)3)22-6-8-23(9-7-22)27(24,25)12-5-4-11(16)26-12/h4-5,10H,6-9H2,1-3H3,(H2,17,18,19,20)/t10-/m0/s1. The SMILES string of the molecule is C[C@@H](c1nc(N)nc(N(C)C)n1)N1CCN(S(=O)(=O)c2ccc(Cl)s2)CC1. The van der Waals surface area contributed by atoms with Crippen LogP contribution < -0.4 is 10.6 Å². The van der Waals surface area contributed by atoms with Gasteiger partial charge in [0.2, 0.25) is 11.9 Å². The second-order valence-electron chi connectivity index (χ2n) is 6.42. The van der Waals surface area contributed by atoms with Gasteiger partial charge in [-0.15, -0.1) is 11.3 Å². The van der Waals surface area contributed by atoms with Gasteiger partial charge in [0.25, 0.3) is 10.0 Å². The number of sulfonamides is 1. The van der Waals surface area contributed by atoms with E-state index in [1.54, 1.807) is 17.0 Å². The molecule has 12 heteroatoms. The van der Waals surface area contributed by atoms with Crippen LogP contribution in [-0.2, 0) is 10.0 Å². The van der Waals surface area contributed by atoms with Crippen molar-refractivity contribution in [3.63, 3.8) is 0 Å². The molecular weight excluding hydrogens is 410 g/mol. The lowest BCUT2D eigenvalue weighted by molar-refractivity contribution is 0.141. The molecule has 148 valence electrons. The Morgan fingerprint density at radius 3 is 2.41 bits per heavy atom. The molecule has 3 rings (SSSR count). The summed E-state index contributed by atoms with van der Waals surface area (Å²) in [7, 11) is 0.167. The Kier molecular flexibility index (Phi) is 5.87. The predicted molar refractivity (Wildman–Crippen MR) is 107 cm³/mol. The van der Waals surface area contributed by atoms with Gasteiger partial charge in [0, 0.05) is 40.3 Å². The molecule has 0 spiro atoms. The zero-order valence-electron chi connectivity index (χ0n) is 15.3. The van der Waals surface area contributed by atoms with Crippen molar-refractivity contribution in [2.24, 2.45) is 0 Å². The summed E-state index contributed by atoms with van der Waals surface area (Å²) in [5, 5.41) is 0. The van der Waals surface area contributed by atoms with Crippen molar-refractivity contribution in [3.05, 3.63) is 22.3 Å². The highest BCUT2D eigenvalue weighted by Crippen LogP contribution is 2.29. The Hall–Kier alpha value is -1.53. The highest BCUT2D eigenvalue weighted by molar-refractivity contribution is 7.91. The van der Waals surface area contributed by atoms with Gasteiger partial charge in [-0.3, -0.25) is 4.90 Å². The molecule has 0 aliphatic carbocycles. The number of anilines is 2. The van der Waals surface area contributed by atoms with Gasteiger partial charge in [0.05, 0.1) is 10.4 Å². The third kappa shape index (κ3) is 4.32. The monoisotopic (exact) mass is 431 g/mol. The van der Waals surface area contributed by atoms with Crippen LogP contribution in [0.25, 0.3) is 0 Å². The Morgan fingerprint density at radius 1 is 1.19 bits per heavy atom. The first kappa shape index (κ1) is 20.2. The van der Waals surface area contributed by atoms with Gasteiger partial charge in [0.1, 0.15) is 4.21 Å². The molecule has 2 N–H and O–H groups in total. The minimum Gasteiger partial charge on any atom is -0.368 e. The maximum absolute atomic E-state index is 12.7. The van der Waals surface area contributed by atoms with E-state index in [0.29, 0.717) is 42.3 Å². The van der Waals surface area contributed by atoms with Crippen LogP contribution >= 0.6 is 22.9 Å². The van der Waals surface area contributed by atoms with Crippen LogP contribution in [-0.4, -0.2) is 72.8 Å². The smallest absolute Gasteiger partial charge is 0.252 e. The van der Waals surface area contributed by atoms with Crippen molar-refractivity contribution in [3.8, 4) is 0 Å². The molecule has 1 saturated heterocycles. The number of nitrogen functional groups attached to an aromatic ring is 1. The molecule has 1 atom stereocenters. The molecule has 27 heavy (non-hydrogen) atoms. The van der Waals surface area contributed by atoms with E-state index in [2.05, 4.69) is 19.9 Å². The van der Waals surface area contributed by atoms with E-state index in [1.807, 2.05) is 21.0 Å². The van der Waals surface area contributed by atoms with Crippen molar-refractivity contribution in [1.82, 2.24) is 24.2 Å². The van der Waals surface area contributed by atoms with Gasteiger partial charge in [-0.25, -0.2) is 8.42 Å². The molecule has 2 aromatic heterocycles. The van der Waals surface area contributed by atoms with Crippen LogP contribution in [0.2, 0.25) is 4.34 Å². The average molecular weight is 432 g/mol. The van der Waals surface area contributed by atoms with Crippen molar-refractivity contribution >= 4 is 44.9 Å². The summed E-state index contributed by atoms with van der Waals surface area (Å²) in [6.45, 7) is 3.91. The molecule has 0 bridgehead atoms. The van der Waals surface area contributed by atoms with Crippen LogP contribution in [0.1, 0.15) is 18.8 Å². The van der Waals surface area contributed by atoms with Crippen LogP contribution in [0, 0.1) is 0 Å². The number of aromatic nitrogens is 3. The Bertz CT molecular complexity index is 911. The molecule has 1 fully saturated rings. The summed E-state index contributed by atoms with van der Waals surface area (Å²) >= 11 is 6.96. The molecule has 2 aromatic rings. The fraction of sp³-hybridized carbons (Fsp3) is 0.533. The molecule has 0 aromatic carbocycles. The fourth-order valence-electron chi connectivity index (χ4n) is 2.84. The second kappa shape index (κ2) is 7.84. The summed E-state index contributed by atoms with van der Waals surface area (Å²) in [5.74, 6) is 1.25. The largest absolute Gasteiger partial charge is 0.368 e. The average Bonchev–Trinajstić information content (AvgIpc) is 3.08. The summed E-state index contributed by atoms with van der Waals surface area (Å²) < 4.78 is 27.7. The lowest BCUT2D eigenvalue weighted by Crippen LogP contribution is -2.49. The van der Waals surface area contributed by atoms with Gasteiger partial charge in [-0.05, 0) is 19.1 Å². The zero-order valence-corrected chi connectivity index (χ0v) is 17.7. The third-order valence-corrected chi connectivity index (χ3v) is 7.99. The molecule has 1 aliphatic rings. The third-order valence-electron chi connectivity index (χ3n) is 4.40. The van der Waals surface area contributed by atoms with Crippen LogP contribution in [0.3, 0.4) is 0 Å². The Morgan fingerprint density at radius 2 is 1.85 bits per heavy atom. The number of hydrogen-bond donors (Lipinski definition) is 1. The highest BCUT2D eigenvalue weighted by Gasteiger charge is 2.32. The molecule has 0 saturated carbocycles. The van der Waals surface area contributed by atoms with Gasteiger partial charge < -0.3 is 10.6 Å². The molecule has 9 nitrogen and oxygen atoms in total. The number of thiophene rings is 1. The van der Waals surface area contributed by atoms with Crippen LogP contribution in [0.15, 0.2) is 16.3 Å². The second-order valence-corrected chi connectivity index (χ2v) is 10.3. The van der Waals surface area contributed by atoms with Crippen molar-refractivity contribution in [2.45, 2.75) is 17.2 Å². The lowest BCUT2D eigenvalue weighted by Gasteiger charge is -2.36. The normalized spacial score (nSPS) is 17.8. The van der Waals surface area contributed by atoms with E-state index in [1.165, 1.54) is 4.31 Å². The van der Waals surface area contributed by atoms with Gasteiger partial charge in [0.15, 0.2) is 5.82 Å². The zero-order chi connectivity index (χ0) is 19.8. The summed E-state index contributed by atoms with van der Waals surface area (Å²) in [4.78, 5) is 16.7. The first-order valence-electron chi connectivity index (χ1n) is 8.37. The van der Waals surface area contributed by atoms with Crippen molar-refractivity contribution in [2.75, 3.05) is 50.9 Å². The van der Waals surface area contributed by atoms with Crippen LogP contribution in [0.5, 0.6) is 0 Å². The molecule has 0 radical (unpaired) electrons. The van der Waals surface area contributed by atoms with E-state index in [9.17, 15) is 8.42 Å². The lowest BCUT2D eigenvalue weighted by atomic mass is 10.2. The van der Waals surface area contributed by atoms with E-state index in [0.717, 1.165) is 11.3 Å². The maximum atomic E-state index is 12.7. The summed E-state index contributed by atoms with van der Waals surface area (Å²) in [6.07, 6.45) is 0. The van der Waals surface area contributed by atoms with E-state index in [-0.39, 0.29) is 16.2 Å². The number of piperazine rings is 1. The molecule has 1 aliphatic heterocycles. The van der Waals surface area contributed by atoms with Crippen molar-refractivity contribution < 1.29 is 8.42 Å². The van der Waals surface area contributed by atoms with Crippen molar-refractivity contribution in [1.29, 1.82) is 0 Å². The molecule has 0 unspecified atom stereocenters. The van der Waals surface area contributed by atoms with E-state index >= 15 is 0 Å². The minimum absolute atomic E-state index is 0.102. The first-order valence-corrected chi connectivity index (χ1v) is 11.0. The molecule has 3 heterocycles. The predicted octanol–water partition coefficient (Wildman–Crippen LogP) is 1.30. The van der Waals surface area contributed by atoms with Gasteiger partial charge >= 0.3 is 0 Å². The number of hydrogen-bond acceptors (Lipinski definition) is 9. The number of halogens is 1. The minimum atomic E-state index is -3.51. The number of nitrogens with two attached hydrogens (primary N) is 1. The first-order chi connectivity index (χ1) is 12.7. The van der Waals surface area contributed by atoms with E-state index < -0.39 is 10.0 Å². The highest BCUT2D eigenvalue weighted by atomic mass is 35.5. The Balaban J connectivity index is 1.70. The quantitative estimate of drug-likeness (QED) is 0.754. The topological polar surface area (TPSA) is 109 Å².